The third kappa shape index (κ3) is 1.22. The number of para-hydroxylation sites is 1. The van der Waals surface area contributed by atoms with Crippen molar-refractivity contribution in [1.29, 1.82) is 0 Å². The molecule has 0 bridgehead atoms. The Hall–Kier alpha value is -1.62. The number of carbonyl (C=O) groups is 1. The Morgan fingerprint density at radius 1 is 1.29 bits per heavy atom. The molecule has 0 fully saturated rings. The number of benzene rings is 1. The summed E-state index contributed by atoms with van der Waals surface area (Å²) in [4.78, 5) is 10.8. The number of hydrogen-bond acceptors (Lipinski definition) is 3. The van der Waals surface area contributed by atoms with Crippen LogP contribution in [0.1, 0.15) is 11.5 Å². The molecule has 0 aliphatic carbocycles. The lowest BCUT2D eigenvalue weighted by molar-refractivity contribution is -0.107. The zero-order valence-corrected chi connectivity index (χ0v) is 7.91. The van der Waals surface area contributed by atoms with E-state index in [1.807, 2.05) is 0 Å². The van der Waals surface area contributed by atoms with Crippen LogP contribution in [0.4, 0.5) is 5.69 Å². The number of aldehydes is 1. The monoisotopic (exact) mass is 209 g/mol. The van der Waals surface area contributed by atoms with Crippen LogP contribution in [0.3, 0.4) is 0 Å². The molecule has 1 aliphatic rings. The minimum Gasteiger partial charge on any atom is -0.345 e. The second-order valence-corrected chi connectivity index (χ2v) is 3.83. The summed E-state index contributed by atoms with van der Waals surface area (Å²) in [7, 11) is -2.37. The highest BCUT2D eigenvalue weighted by atomic mass is 32.2. The molecule has 5 heteroatoms. The first-order chi connectivity index (χ1) is 6.74. The van der Waals surface area contributed by atoms with Gasteiger partial charge in [0.25, 0.3) is 0 Å². The molecule has 1 aliphatic heterocycles. The average Bonchev–Trinajstić information content (AvgIpc) is 2.56. The van der Waals surface area contributed by atoms with Crippen molar-refractivity contribution in [3.05, 3.63) is 29.8 Å². The van der Waals surface area contributed by atoms with E-state index in [9.17, 15) is 13.2 Å². The Balaban J connectivity index is 2.66. The van der Waals surface area contributed by atoms with Gasteiger partial charge in [-0.3, -0.25) is 0 Å². The van der Waals surface area contributed by atoms with Crippen molar-refractivity contribution >= 4 is 27.3 Å². The van der Waals surface area contributed by atoms with Crippen LogP contribution in [0.5, 0.6) is 0 Å². The van der Waals surface area contributed by atoms with Gasteiger partial charge in [0.15, 0.2) is 4.99 Å². The molecule has 1 aromatic rings. The molecule has 4 nitrogen and oxygen atoms in total. The first-order valence-corrected chi connectivity index (χ1v) is 5.09. The standard InChI is InChI=1S/C9H7NO3S/c11-5-7-6-3-1-2-4-8(6)10-9(7)14(12)13/h1-5,7,10H. The lowest BCUT2D eigenvalue weighted by atomic mass is 10.0. The molecule has 14 heavy (non-hydrogen) atoms. The summed E-state index contributed by atoms with van der Waals surface area (Å²) in [6, 6.07) is 7.03. The van der Waals surface area contributed by atoms with E-state index < -0.39 is 16.2 Å². The Kier molecular flexibility index (Phi) is 2.09. The second kappa shape index (κ2) is 3.26. The third-order valence-corrected chi connectivity index (χ3v) is 2.87. The zero-order valence-electron chi connectivity index (χ0n) is 7.10. The minimum atomic E-state index is -2.37. The fourth-order valence-electron chi connectivity index (χ4n) is 1.51. The quantitative estimate of drug-likeness (QED) is 0.537. The first kappa shape index (κ1) is 8.96. The summed E-state index contributed by atoms with van der Waals surface area (Å²) in [5.74, 6) is -0.676. The summed E-state index contributed by atoms with van der Waals surface area (Å²) in [5.41, 5.74) is 1.39. The Labute approximate surface area is 82.1 Å². The summed E-state index contributed by atoms with van der Waals surface area (Å²) >= 11 is 0. The highest BCUT2D eigenvalue weighted by molar-refractivity contribution is 7.73. The summed E-state index contributed by atoms with van der Waals surface area (Å²) in [6.45, 7) is 0. The fourth-order valence-corrected chi connectivity index (χ4v) is 2.10. The van der Waals surface area contributed by atoms with Crippen LogP contribution in [-0.4, -0.2) is 19.7 Å². The van der Waals surface area contributed by atoms with E-state index in [2.05, 4.69) is 5.32 Å². The number of nitrogens with one attached hydrogen (secondary N) is 1. The van der Waals surface area contributed by atoms with E-state index in [4.69, 9.17) is 0 Å². The molecule has 0 aromatic heterocycles. The van der Waals surface area contributed by atoms with Gasteiger partial charge >= 0.3 is 0 Å². The number of hydrogen-bond donors (Lipinski definition) is 1. The van der Waals surface area contributed by atoms with Gasteiger partial charge in [0, 0.05) is 5.69 Å². The number of fused-ring (bicyclic) bond motifs is 1. The maximum Gasteiger partial charge on any atom is 0.235 e. The highest BCUT2D eigenvalue weighted by Crippen LogP contribution is 2.30. The lowest BCUT2D eigenvalue weighted by Crippen LogP contribution is -2.14. The summed E-state index contributed by atoms with van der Waals surface area (Å²) in [6.07, 6.45) is 0.629. The average molecular weight is 209 g/mol. The van der Waals surface area contributed by atoms with Crippen LogP contribution in [0.25, 0.3) is 0 Å². The smallest absolute Gasteiger partial charge is 0.235 e. The molecular formula is C9H7NO3S. The van der Waals surface area contributed by atoms with Crippen LogP contribution < -0.4 is 5.32 Å². The molecule has 1 N–H and O–H groups in total. The van der Waals surface area contributed by atoms with Crippen LogP contribution in [0.15, 0.2) is 24.3 Å². The van der Waals surface area contributed by atoms with Gasteiger partial charge in [-0.2, -0.15) is 8.42 Å². The van der Waals surface area contributed by atoms with Crippen molar-refractivity contribution in [1.82, 2.24) is 0 Å². The van der Waals surface area contributed by atoms with E-state index in [0.29, 0.717) is 17.5 Å². The van der Waals surface area contributed by atoms with E-state index >= 15 is 0 Å². The molecule has 0 spiro atoms. The van der Waals surface area contributed by atoms with Gasteiger partial charge in [-0.05, 0) is 11.6 Å². The zero-order chi connectivity index (χ0) is 10.1. The molecule has 1 unspecified atom stereocenters. The molecular weight excluding hydrogens is 202 g/mol. The molecule has 72 valence electrons. The maximum absolute atomic E-state index is 10.8. The normalized spacial score (nSPS) is 18.6. The van der Waals surface area contributed by atoms with Crippen molar-refractivity contribution in [2.45, 2.75) is 5.92 Å². The lowest BCUT2D eigenvalue weighted by Gasteiger charge is -1.97. The molecule has 2 rings (SSSR count). The van der Waals surface area contributed by atoms with Gasteiger partial charge in [-0.15, -0.1) is 0 Å². The first-order valence-electron chi connectivity index (χ1n) is 4.01. The number of anilines is 1. The van der Waals surface area contributed by atoms with Crippen LogP contribution in [0.2, 0.25) is 0 Å². The van der Waals surface area contributed by atoms with Gasteiger partial charge < -0.3 is 10.1 Å². The van der Waals surface area contributed by atoms with Crippen molar-refractivity contribution in [3.63, 3.8) is 0 Å². The molecule has 1 heterocycles. The van der Waals surface area contributed by atoms with Gasteiger partial charge in [0.2, 0.25) is 10.3 Å². The van der Waals surface area contributed by atoms with Gasteiger partial charge in [-0.1, -0.05) is 18.2 Å². The predicted octanol–water partition coefficient (Wildman–Crippen LogP) is 0.404. The summed E-state index contributed by atoms with van der Waals surface area (Å²) < 4.78 is 21.6. The largest absolute Gasteiger partial charge is 0.345 e. The topological polar surface area (TPSA) is 63.2 Å². The SMILES string of the molecule is O=CC1C(=S(=O)=O)Nc2ccccc21. The molecule has 0 amide bonds. The predicted molar refractivity (Wildman–Crippen MR) is 52.8 cm³/mol. The van der Waals surface area contributed by atoms with Crippen LogP contribution in [-0.2, 0) is 15.1 Å². The van der Waals surface area contributed by atoms with Gasteiger partial charge in [0.05, 0.1) is 5.92 Å². The fraction of sp³-hybridized carbons (Fsp3) is 0.111. The number of rotatable bonds is 1. The van der Waals surface area contributed by atoms with Gasteiger partial charge in [-0.25, -0.2) is 0 Å². The Morgan fingerprint density at radius 2 is 2.00 bits per heavy atom. The van der Waals surface area contributed by atoms with E-state index in [0.717, 1.165) is 0 Å². The third-order valence-electron chi connectivity index (χ3n) is 2.15. The van der Waals surface area contributed by atoms with E-state index in [1.54, 1.807) is 24.3 Å². The van der Waals surface area contributed by atoms with E-state index in [-0.39, 0.29) is 4.99 Å². The highest BCUT2D eigenvalue weighted by Gasteiger charge is 2.28. The molecule has 1 atom stereocenters. The molecule has 1 aromatic carbocycles. The molecule has 0 saturated heterocycles. The summed E-state index contributed by atoms with van der Waals surface area (Å²) in [5, 5.41) is 2.71. The molecule has 0 radical (unpaired) electrons. The van der Waals surface area contributed by atoms with Crippen molar-refractivity contribution < 1.29 is 13.2 Å². The minimum absolute atomic E-state index is 0.0289. The second-order valence-electron chi connectivity index (χ2n) is 2.92. The van der Waals surface area contributed by atoms with Crippen LogP contribution >= 0.6 is 0 Å². The van der Waals surface area contributed by atoms with Crippen molar-refractivity contribution in [2.75, 3.05) is 5.32 Å². The van der Waals surface area contributed by atoms with Crippen LogP contribution in [0, 0.1) is 0 Å². The van der Waals surface area contributed by atoms with Crippen molar-refractivity contribution in [3.8, 4) is 0 Å². The Morgan fingerprint density at radius 3 is 2.64 bits per heavy atom. The van der Waals surface area contributed by atoms with Gasteiger partial charge in [0.1, 0.15) is 6.29 Å². The number of carbonyl (C=O) groups excluding carboxylic acids is 1. The van der Waals surface area contributed by atoms with E-state index in [1.165, 1.54) is 0 Å². The molecule has 0 saturated carbocycles. The van der Waals surface area contributed by atoms with Crippen molar-refractivity contribution in [2.24, 2.45) is 0 Å². The maximum atomic E-state index is 10.8. The Bertz CT molecular complexity index is 511.